The molecule has 1 saturated carbocycles. The molecule has 4 heterocycles. The van der Waals surface area contributed by atoms with Gasteiger partial charge in [0.05, 0.1) is 7.11 Å². The van der Waals surface area contributed by atoms with Crippen molar-refractivity contribution in [1.29, 1.82) is 0 Å². The number of carbonyl (C=O) groups excluding carboxylic acids is 1. The number of rotatable bonds is 9. The highest BCUT2D eigenvalue weighted by atomic mass is 16.5. The lowest BCUT2D eigenvalue weighted by Gasteiger charge is -2.30. The number of pyridine rings is 1. The van der Waals surface area contributed by atoms with Crippen LogP contribution in [-0.2, 0) is 17.8 Å². The van der Waals surface area contributed by atoms with Crippen molar-refractivity contribution in [2.45, 2.75) is 88.9 Å². The zero-order valence-corrected chi connectivity index (χ0v) is 24.1. The summed E-state index contributed by atoms with van der Waals surface area (Å²) < 4.78 is 12.1. The number of nitrogens with zero attached hydrogens (tertiary/aromatic N) is 2. The highest BCUT2D eigenvalue weighted by Gasteiger charge is 2.40. The average Bonchev–Trinajstić information content (AvgIpc) is 3.68. The molecule has 3 aromatic rings. The van der Waals surface area contributed by atoms with Gasteiger partial charge in [-0.1, -0.05) is 37.3 Å². The van der Waals surface area contributed by atoms with Crippen LogP contribution in [0.3, 0.4) is 0 Å². The molecule has 3 atom stereocenters. The molecule has 0 N–H and O–H groups in total. The van der Waals surface area contributed by atoms with Crippen molar-refractivity contribution in [3.63, 3.8) is 0 Å². The number of hydrogen-bond acceptors (Lipinski definition) is 6. The third-order valence-corrected chi connectivity index (χ3v) is 10.2. The largest absolute Gasteiger partial charge is 0.550 e. The minimum absolute atomic E-state index is 0.0200. The molecule has 6 nitrogen and oxygen atoms in total. The molecule has 0 amide bonds. The Morgan fingerprint density at radius 3 is 2.51 bits per heavy atom. The van der Waals surface area contributed by atoms with Crippen LogP contribution in [-0.4, -0.2) is 35.0 Å². The Morgan fingerprint density at radius 1 is 1.02 bits per heavy atom. The van der Waals surface area contributed by atoms with Gasteiger partial charge in [0.2, 0.25) is 5.88 Å². The number of benzene rings is 2. The van der Waals surface area contributed by atoms with Gasteiger partial charge in [-0.15, -0.1) is 0 Å². The standard InChI is InChI=1S/C35H40N2O4/c1-21(35(38)39)34(23-4-5-23)26-6-3-22-8-14-31(41-32(22)18-26)25-7-13-30(24-15-16-36-33(19-24)40-2)27(17-25)20-37-28-9-10-29(37)12-11-28/h3,6-7,13,15-19,21,23,28-29,31,34H,4-5,8-12,14,20H2,1-2H3,(H,38,39)/p-1/t21-,28?,29?,31?,34-/m0/s1. The predicted molar refractivity (Wildman–Crippen MR) is 156 cm³/mol. The van der Waals surface area contributed by atoms with Crippen LogP contribution in [0.4, 0.5) is 0 Å². The number of hydrogen-bond donors (Lipinski definition) is 0. The predicted octanol–water partition coefficient (Wildman–Crippen LogP) is 5.83. The van der Waals surface area contributed by atoms with Gasteiger partial charge >= 0.3 is 0 Å². The van der Waals surface area contributed by atoms with Gasteiger partial charge in [0.1, 0.15) is 11.9 Å². The van der Waals surface area contributed by atoms with Gasteiger partial charge in [-0.05, 0) is 109 Å². The molecular formula is C35H39N2O4-. The fourth-order valence-electron chi connectivity index (χ4n) is 7.79. The van der Waals surface area contributed by atoms with Gasteiger partial charge in [-0.2, -0.15) is 0 Å². The summed E-state index contributed by atoms with van der Waals surface area (Å²) in [5.74, 6) is 0.444. The highest BCUT2D eigenvalue weighted by Crippen LogP contribution is 2.48. The number of carboxylic acids is 1. The zero-order chi connectivity index (χ0) is 28.1. The molecule has 1 aliphatic carbocycles. The van der Waals surface area contributed by atoms with E-state index < -0.39 is 11.9 Å². The molecule has 2 saturated heterocycles. The first kappa shape index (κ1) is 26.5. The van der Waals surface area contributed by atoms with Crippen LogP contribution in [0.25, 0.3) is 11.1 Å². The van der Waals surface area contributed by atoms with E-state index in [1.807, 2.05) is 12.3 Å². The van der Waals surface area contributed by atoms with Gasteiger partial charge in [0.25, 0.3) is 0 Å². The van der Waals surface area contributed by atoms with Crippen LogP contribution in [0.2, 0.25) is 0 Å². The van der Waals surface area contributed by atoms with E-state index in [2.05, 4.69) is 52.3 Å². The lowest BCUT2D eigenvalue weighted by Crippen LogP contribution is -2.34. The van der Waals surface area contributed by atoms with E-state index >= 15 is 0 Å². The van der Waals surface area contributed by atoms with Crippen LogP contribution in [0.1, 0.15) is 86.1 Å². The van der Waals surface area contributed by atoms with Gasteiger partial charge in [-0.3, -0.25) is 4.90 Å². The Hall–Kier alpha value is -3.38. The molecule has 3 fully saturated rings. The first-order chi connectivity index (χ1) is 20.0. The number of fused-ring (bicyclic) bond motifs is 3. The van der Waals surface area contributed by atoms with E-state index in [0.717, 1.165) is 49.1 Å². The summed E-state index contributed by atoms with van der Waals surface area (Å²) in [7, 11) is 1.66. The molecule has 7 rings (SSSR count). The van der Waals surface area contributed by atoms with Crippen LogP contribution >= 0.6 is 0 Å². The summed E-state index contributed by atoms with van der Waals surface area (Å²) in [4.78, 5) is 18.8. The number of aryl methyl sites for hydroxylation is 1. The number of ether oxygens (including phenoxy) is 2. The second-order valence-corrected chi connectivity index (χ2v) is 12.6. The lowest BCUT2D eigenvalue weighted by molar-refractivity contribution is -0.311. The number of aromatic nitrogens is 1. The van der Waals surface area contributed by atoms with Gasteiger partial charge < -0.3 is 19.4 Å². The summed E-state index contributed by atoms with van der Waals surface area (Å²) in [6, 6.07) is 18.7. The number of aliphatic carboxylic acids is 1. The van der Waals surface area contributed by atoms with Gasteiger partial charge in [0, 0.05) is 42.8 Å². The summed E-state index contributed by atoms with van der Waals surface area (Å²) in [5, 5.41) is 11.8. The Bertz CT molecular complexity index is 1430. The van der Waals surface area contributed by atoms with E-state index in [-0.39, 0.29) is 12.0 Å². The molecule has 4 aliphatic rings. The first-order valence-electron chi connectivity index (χ1n) is 15.4. The molecule has 2 bridgehead atoms. The third kappa shape index (κ3) is 5.12. The smallest absolute Gasteiger partial charge is 0.213 e. The minimum Gasteiger partial charge on any atom is -0.550 e. The van der Waals surface area contributed by atoms with Crippen molar-refractivity contribution in [1.82, 2.24) is 9.88 Å². The second-order valence-electron chi connectivity index (χ2n) is 12.6. The van der Waals surface area contributed by atoms with Crippen molar-refractivity contribution in [3.8, 4) is 22.8 Å². The maximum atomic E-state index is 11.8. The van der Waals surface area contributed by atoms with Gasteiger partial charge in [-0.25, -0.2) is 4.98 Å². The quantitative estimate of drug-likeness (QED) is 0.333. The van der Waals surface area contributed by atoms with E-state index in [1.54, 1.807) is 14.0 Å². The maximum Gasteiger partial charge on any atom is 0.213 e. The minimum atomic E-state index is -0.968. The third-order valence-electron chi connectivity index (χ3n) is 10.2. The molecular weight excluding hydrogens is 512 g/mol. The number of methoxy groups -OCH3 is 1. The topological polar surface area (TPSA) is 74.7 Å². The Morgan fingerprint density at radius 2 is 1.80 bits per heavy atom. The summed E-state index contributed by atoms with van der Waals surface area (Å²) >= 11 is 0. The van der Waals surface area contributed by atoms with E-state index in [4.69, 9.17) is 9.47 Å². The van der Waals surface area contributed by atoms with Crippen molar-refractivity contribution in [3.05, 3.63) is 77.0 Å². The fraction of sp³-hybridized carbons (Fsp3) is 0.486. The molecule has 3 aliphatic heterocycles. The molecule has 0 radical (unpaired) electrons. The summed E-state index contributed by atoms with van der Waals surface area (Å²) in [6.45, 7) is 2.73. The fourth-order valence-corrected chi connectivity index (χ4v) is 7.79. The van der Waals surface area contributed by atoms with E-state index in [1.165, 1.54) is 47.9 Å². The van der Waals surface area contributed by atoms with Crippen molar-refractivity contribution < 1.29 is 19.4 Å². The first-order valence-corrected chi connectivity index (χ1v) is 15.4. The van der Waals surface area contributed by atoms with E-state index in [9.17, 15) is 9.90 Å². The summed E-state index contributed by atoms with van der Waals surface area (Å²) in [6.07, 6.45) is 11.1. The Balaban J connectivity index is 1.20. The van der Waals surface area contributed by atoms with Crippen LogP contribution < -0.4 is 14.6 Å². The van der Waals surface area contributed by atoms with Crippen molar-refractivity contribution in [2.24, 2.45) is 11.8 Å². The molecule has 214 valence electrons. The molecule has 1 unspecified atom stereocenters. The molecule has 41 heavy (non-hydrogen) atoms. The average molecular weight is 552 g/mol. The van der Waals surface area contributed by atoms with Crippen molar-refractivity contribution in [2.75, 3.05) is 7.11 Å². The maximum absolute atomic E-state index is 11.8. The molecule has 2 aromatic carbocycles. The van der Waals surface area contributed by atoms with E-state index in [0.29, 0.717) is 23.9 Å². The number of carboxylic acid groups (broad SMARTS) is 1. The van der Waals surface area contributed by atoms with Gasteiger partial charge in [0.15, 0.2) is 0 Å². The van der Waals surface area contributed by atoms with Crippen LogP contribution in [0.5, 0.6) is 11.6 Å². The summed E-state index contributed by atoms with van der Waals surface area (Å²) in [5.41, 5.74) is 7.15. The second kappa shape index (κ2) is 10.8. The molecule has 6 heteroatoms. The zero-order valence-electron chi connectivity index (χ0n) is 24.1. The normalized spacial score (nSPS) is 24.9. The lowest BCUT2D eigenvalue weighted by atomic mass is 9.82. The SMILES string of the molecule is COc1cc(-c2ccc(C3CCc4ccc([C@H](C5CC5)[C@H](C)C(=O)[O-])cc4O3)cc2CN2C3CCC2CC3)ccn1. The molecule has 0 spiro atoms. The Kier molecular flexibility index (Phi) is 6.98. The number of carbonyl (C=O) groups is 1. The van der Waals surface area contributed by atoms with Crippen LogP contribution in [0.15, 0.2) is 54.7 Å². The monoisotopic (exact) mass is 551 g/mol. The molecule has 1 aromatic heterocycles. The highest BCUT2D eigenvalue weighted by molar-refractivity contribution is 5.69. The van der Waals surface area contributed by atoms with Crippen LogP contribution in [0, 0.1) is 11.8 Å². The Labute approximate surface area is 242 Å². The van der Waals surface area contributed by atoms with Crippen molar-refractivity contribution >= 4 is 5.97 Å².